The Hall–Kier alpha value is -2.33. The first-order valence-electron chi connectivity index (χ1n) is 5.58. The highest BCUT2D eigenvalue weighted by Gasteiger charge is 2.20. The van der Waals surface area contributed by atoms with Gasteiger partial charge in [-0.1, -0.05) is 22.0 Å². The van der Waals surface area contributed by atoms with E-state index in [4.69, 9.17) is 5.26 Å². The Kier molecular flexibility index (Phi) is 4.29. The zero-order valence-corrected chi connectivity index (χ0v) is 11.8. The zero-order chi connectivity index (χ0) is 15.6. The maximum Gasteiger partial charge on any atom is 0.261 e. The van der Waals surface area contributed by atoms with E-state index in [1.165, 1.54) is 12.1 Å². The van der Waals surface area contributed by atoms with E-state index in [9.17, 15) is 18.0 Å². The number of hydrogen-bond donors (Lipinski definition) is 1. The lowest BCUT2D eigenvalue weighted by atomic mass is 10.1. The van der Waals surface area contributed by atoms with Crippen LogP contribution in [0.2, 0.25) is 0 Å². The second-order valence-electron chi connectivity index (χ2n) is 3.97. The molecule has 3 nitrogen and oxygen atoms in total. The van der Waals surface area contributed by atoms with Crippen molar-refractivity contribution < 1.29 is 18.0 Å². The van der Waals surface area contributed by atoms with E-state index in [0.717, 1.165) is 18.2 Å². The van der Waals surface area contributed by atoms with Crippen molar-refractivity contribution in [2.75, 3.05) is 5.32 Å². The Bertz CT molecular complexity index is 748. The molecule has 0 fully saturated rings. The highest BCUT2D eigenvalue weighted by molar-refractivity contribution is 9.10. The van der Waals surface area contributed by atoms with Crippen LogP contribution in [-0.2, 0) is 0 Å². The number of carbonyl (C=O) groups is 1. The van der Waals surface area contributed by atoms with E-state index in [0.29, 0.717) is 0 Å². The zero-order valence-electron chi connectivity index (χ0n) is 10.3. The molecule has 0 spiro atoms. The molecule has 0 bridgehead atoms. The van der Waals surface area contributed by atoms with Crippen molar-refractivity contribution in [1.82, 2.24) is 0 Å². The van der Waals surface area contributed by atoms with Crippen LogP contribution in [0.5, 0.6) is 0 Å². The van der Waals surface area contributed by atoms with Crippen LogP contribution in [0.4, 0.5) is 18.9 Å². The van der Waals surface area contributed by atoms with E-state index in [1.54, 1.807) is 6.07 Å². The minimum Gasteiger partial charge on any atom is -0.320 e. The predicted octanol–water partition coefficient (Wildman–Crippen LogP) is 3.99. The fourth-order valence-electron chi connectivity index (χ4n) is 1.69. The molecule has 0 saturated carbocycles. The summed E-state index contributed by atoms with van der Waals surface area (Å²) in [7, 11) is 0. The number of halogens is 4. The first-order valence-corrected chi connectivity index (χ1v) is 6.38. The van der Waals surface area contributed by atoms with E-state index in [1.807, 2.05) is 0 Å². The summed E-state index contributed by atoms with van der Waals surface area (Å²) in [5.41, 5.74) is -1.39. The van der Waals surface area contributed by atoms with Gasteiger partial charge in [0.1, 0.15) is 34.6 Å². The van der Waals surface area contributed by atoms with E-state index in [2.05, 4.69) is 21.2 Å². The van der Waals surface area contributed by atoms with Gasteiger partial charge in [0.25, 0.3) is 5.91 Å². The van der Waals surface area contributed by atoms with Crippen molar-refractivity contribution >= 4 is 27.5 Å². The molecule has 7 heteroatoms. The topological polar surface area (TPSA) is 52.9 Å². The normalized spacial score (nSPS) is 10.0. The SMILES string of the molecule is N#Cc1c(F)cccc1NC(=O)c1c(F)cc(Br)cc1F. The molecular weight excluding hydrogens is 349 g/mol. The van der Waals surface area contributed by atoms with Crippen LogP contribution in [-0.4, -0.2) is 5.91 Å². The Morgan fingerprint density at radius 1 is 1.14 bits per heavy atom. The molecule has 106 valence electrons. The average Bonchev–Trinajstić information content (AvgIpc) is 2.37. The number of benzene rings is 2. The summed E-state index contributed by atoms with van der Waals surface area (Å²) in [5, 5.41) is 11.0. The summed E-state index contributed by atoms with van der Waals surface area (Å²) >= 11 is 2.89. The molecule has 0 aromatic heterocycles. The number of carbonyl (C=O) groups excluding carboxylic acids is 1. The van der Waals surface area contributed by atoms with E-state index < -0.39 is 34.5 Å². The van der Waals surface area contributed by atoms with Gasteiger partial charge < -0.3 is 5.32 Å². The van der Waals surface area contributed by atoms with Crippen molar-refractivity contribution in [3.05, 3.63) is 63.4 Å². The number of amides is 1. The first kappa shape index (κ1) is 15.1. The van der Waals surface area contributed by atoms with Crippen molar-refractivity contribution in [1.29, 1.82) is 5.26 Å². The Morgan fingerprint density at radius 3 is 2.33 bits per heavy atom. The third kappa shape index (κ3) is 3.06. The largest absolute Gasteiger partial charge is 0.320 e. The third-order valence-corrected chi connectivity index (χ3v) is 3.07. The molecular formula is C14H6BrF3N2O. The van der Waals surface area contributed by atoms with Crippen molar-refractivity contribution in [3.8, 4) is 6.07 Å². The quantitative estimate of drug-likeness (QED) is 0.886. The lowest BCUT2D eigenvalue weighted by molar-refractivity contribution is 0.101. The molecule has 0 radical (unpaired) electrons. The molecule has 0 unspecified atom stereocenters. The third-order valence-electron chi connectivity index (χ3n) is 2.61. The molecule has 21 heavy (non-hydrogen) atoms. The molecule has 1 amide bonds. The van der Waals surface area contributed by atoms with Crippen molar-refractivity contribution in [2.24, 2.45) is 0 Å². The number of anilines is 1. The average molecular weight is 355 g/mol. The maximum absolute atomic E-state index is 13.7. The summed E-state index contributed by atoms with van der Waals surface area (Å²) in [6.07, 6.45) is 0. The number of nitriles is 1. The number of rotatable bonds is 2. The highest BCUT2D eigenvalue weighted by Crippen LogP contribution is 2.22. The van der Waals surface area contributed by atoms with Gasteiger partial charge in [0, 0.05) is 4.47 Å². The second-order valence-corrected chi connectivity index (χ2v) is 4.89. The summed E-state index contributed by atoms with van der Waals surface area (Å²) in [6.45, 7) is 0. The molecule has 0 aliphatic heterocycles. The maximum atomic E-state index is 13.7. The van der Waals surface area contributed by atoms with Crippen LogP contribution in [0.3, 0.4) is 0 Å². The van der Waals surface area contributed by atoms with Crippen molar-refractivity contribution in [2.45, 2.75) is 0 Å². The van der Waals surface area contributed by atoms with Gasteiger partial charge in [-0.25, -0.2) is 13.2 Å². The van der Waals surface area contributed by atoms with Gasteiger partial charge in [0.15, 0.2) is 0 Å². The smallest absolute Gasteiger partial charge is 0.261 e. The molecule has 0 aliphatic rings. The van der Waals surface area contributed by atoms with Crippen LogP contribution < -0.4 is 5.32 Å². The van der Waals surface area contributed by atoms with Gasteiger partial charge in [-0.05, 0) is 24.3 Å². The summed E-state index contributed by atoms with van der Waals surface area (Å²) in [5.74, 6) is -4.10. The van der Waals surface area contributed by atoms with Gasteiger partial charge >= 0.3 is 0 Å². The van der Waals surface area contributed by atoms with Gasteiger partial charge in [-0.15, -0.1) is 0 Å². The Balaban J connectivity index is 2.41. The number of nitrogens with one attached hydrogen (secondary N) is 1. The minimum atomic E-state index is -1.11. The number of nitrogens with zero attached hydrogens (tertiary/aromatic N) is 1. The second kappa shape index (κ2) is 5.97. The minimum absolute atomic E-state index is 0.137. The lowest BCUT2D eigenvalue weighted by Gasteiger charge is -2.09. The predicted molar refractivity (Wildman–Crippen MR) is 73.1 cm³/mol. The van der Waals surface area contributed by atoms with Gasteiger partial charge in [0.05, 0.1) is 5.69 Å². The number of hydrogen-bond acceptors (Lipinski definition) is 2. The van der Waals surface area contributed by atoms with Gasteiger partial charge in [-0.2, -0.15) is 5.26 Å². The lowest BCUT2D eigenvalue weighted by Crippen LogP contribution is -2.17. The van der Waals surface area contributed by atoms with Crippen molar-refractivity contribution in [3.63, 3.8) is 0 Å². The highest BCUT2D eigenvalue weighted by atomic mass is 79.9. The van der Waals surface area contributed by atoms with E-state index in [-0.39, 0.29) is 10.2 Å². The van der Waals surface area contributed by atoms with Crippen LogP contribution in [0.25, 0.3) is 0 Å². The summed E-state index contributed by atoms with van der Waals surface area (Å²) in [4.78, 5) is 11.9. The fraction of sp³-hybridized carbons (Fsp3) is 0. The van der Waals surface area contributed by atoms with Crippen LogP contribution in [0, 0.1) is 28.8 Å². The molecule has 0 saturated heterocycles. The standard InChI is InChI=1S/C14H6BrF3N2O/c15-7-4-10(17)13(11(18)5-7)14(21)20-12-3-1-2-9(16)8(12)6-19/h1-5H,(H,20,21). The van der Waals surface area contributed by atoms with Gasteiger partial charge in [-0.3, -0.25) is 4.79 Å². The molecule has 2 rings (SSSR count). The molecule has 0 aliphatic carbocycles. The summed E-state index contributed by atoms with van der Waals surface area (Å²) < 4.78 is 40.8. The van der Waals surface area contributed by atoms with E-state index >= 15 is 0 Å². The first-order chi connectivity index (χ1) is 9.93. The summed E-state index contributed by atoms with van der Waals surface area (Å²) in [6, 6.07) is 6.98. The molecule has 2 aromatic rings. The molecule has 0 atom stereocenters. The Morgan fingerprint density at radius 2 is 1.76 bits per heavy atom. The monoisotopic (exact) mass is 354 g/mol. The van der Waals surface area contributed by atoms with Crippen LogP contribution in [0.1, 0.15) is 15.9 Å². The van der Waals surface area contributed by atoms with Crippen LogP contribution >= 0.6 is 15.9 Å². The molecule has 0 heterocycles. The molecule has 2 aromatic carbocycles. The Labute approximate surface area is 126 Å². The molecule has 1 N–H and O–H groups in total. The van der Waals surface area contributed by atoms with Crippen LogP contribution in [0.15, 0.2) is 34.8 Å². The fourth-order valence-corrected chi connectivity index (χ4v) is 2.09. The van der Waals surface area contributed by atoms with Gasteiger partial charge in [0.2, 0.25) is 0 Å².